The van der Waals surface area contributed by atoms with Crippen molar-refractivity contribution in [2.75, 3.05) is 5.73 Å². The SMILES string of the molecule is NC(=S)c1cc(N)ncn1. The van der Waals surface area contributed by atoms with Gasteiger partial charge in [0, 0.05) is 6.07 Å². The van der Waals surface area contributed by atoms with E-state index in [4.69, 9.17) is 11.5 Å². The minimum absolute atomic E-state index is 0.231. The Bertz CT molecular complexity index is 260. The lowest BCUT2D eigenvalue weighted by molar-refractivity contribution is 1.16. The lowest BCUT2D eigenvalue weighted by Crippen LogP contribution is -2.12. The van der Waals surface area contributed by atoms with Gasteiger partial charge in [0.05, 0.1) is 0 Å². The number of aromatic nitrogens is 2. The second kappa shape index (κ2) is 2.57. The minimum Gasteiger partial charge on any atom is -0.388 e. The highest BCUT2D eigenvalue weighted by molar-refractivity contribution is 7.80. The van der Waals surface area contributed by atoms with Gasteiger partial charge in [0.15, 0.2) is 0 Å². The summed E-state index contributed by atoms with van der Waals surface area (Å²) in [5.41, 5.74) is 11.1. The maximum absolute atomic E-state index is 5.33. The van der Waals surface area contributed by atoms with Gasteiger partial charge in [0.1, 0.15) is 22.8 Å². The molecule has 1 aromatic heterocycles. The van der Waals surface area contributed by atoms with Crippen LogP contribution in [0.2, 0.25) is 0 Å². The van der Waals surface area contributed by atoms with Gasteiger partial charge in [-0.15, -0.1) is 0 Å². The zero-order valence-corrected chi connectivity index (χ0v) is 5.93. The lowest BCUT2D eigenvalue weighted by Gasteiger charge is -1.95. The Morgan fingerprint density at radius 2 is 2.20 bits per heavy atom. The number of nitrogens with two attached hydrogens (primary N) is 2. The van der Waals surface area contributed by atoms with E-state index < -0.39 is 0 Å². The topological polar surface area (TPSA) is 77.8 Å². The van der Waals surface area contributed by atoms with E-state index in [2.05, 4.69) is 22.2 Å². The van der Waals surface area contributed by atoms with Crippen molar-refractivity contribution >= 4 is 23.0 Å². The number of nitrogens with zero attached hydrogens (tertiary/aromatic N) is 2. The first-order valence-corrected chi connectivity index (χ1v) is 2.98. The van der Waals surface area contributed by atoms with Crippen LogP contribution in [0.25, 0.3) is 0 Å². The highest BCUT2D eigenvalue weighted by Gasteiger charge is 1.96. The largest absolute Gasteiger partial charge is 0.388 e. The molecule has 1 rings (SSSR count). The Morgan fingerprint density at radius 3 is 2.60 bits per heavy atom. The highest BCUT2D eigenvalue weighted by atomic mass is 32.1. The van der Waals surface area contributed by atoms with Gasteiger partial charge >= 0.3 is 0 Å². The Hall–Kier alpha value is -1.23. The van der Waals surface area contributed by atoms with E-state index in [1.165, 1.54) is 12.4 Å². The molecule has 0 spiro atoms. The number of thiocarbonyl (C=S) groups is 1. The molecule has 0 aliphatic carbocycles. The van der Waals surface area contributed by atoms with Gasteiger partial charge in [-0.05, 0) is 0 Å². The van der Waals surface area contributed by atoms with Crippen molar-refractivity contribution in [3.63, 3.8) is 0 Å². The first kappa shape index (κ1) is 6.88. The van der Waals surface area contributed by atoms with Gasteiger partial charge in [0.2, 0.25) is 0 Å². The van der Waals surface area contributed by atoms with Crippen LogP contribution >= 0.6 is 12.2 Å². The van der Waals surface area contributed by atoms with Gasteiger partial charge in [-0.2, -0.15) is 0 Å². The molecule has 5 heteroatoms. The third-order valence-electron chi connectivity index (χ3n) is 0.941. The number of hydrogen-bond acceptors (Lipinski definition) is 4. The van der Waals surface area contributed by atoms with Crippen molar-refractivity contribution in [3.05, 3.63) is 18.1 Å². The van der Waals surface area contributed by atoms with Crippen LogP contribution in [0.15, 0.2) is 12.4 Å². The Morgan fingerprint density at radius 1 is 1.50 bits per heavy atom. The van der Waals surface area contributed by atoms with E-state index in [0.29, 0.717) is 11.5 Å². The standard InChI is InChI=1S/C5H6N4S/c6-4-1-3(5(7)10)8-2-9-4/h1-2H,(H2,7,10)(H2,6,8,9). The molecule has 1 aromatic rings. The lowest BCUT2D eigenvalue weighted by atomic mass is 10.4. The monoisotopic (exact) mass is 154 g/mol. The molecular weight excluding hydrogens is 148 g/mol. The van der Waals surface area contributed by atoms with E-state index in [-0.39, 0.29) is 4.99 Å². The van der Waals surface area contributed by atoms with E-state index in [9.17, 15) is 0 Å². The van der Waals surface area contributed by atoms with Crippen LogP contribution in [0.1, 0.15) is 5.69 Å². The molecule has 0 bridgehead atoms. The first-order valence-electron chi connectivity index (χ1n) is 2.57. The molecule has 0 radical (unpaired) electrons. The number of anilines is 1. The summed E-state index contributed by atoms with van der Waals surface area (Å²) in [7, 11) is 0. The van der Waals surface area contributed by atoms with E-state index in [1.54, 1.807) is 0 Å². The smallest absolute Gasteiger partial charge is 0.127 e. The van der Waals surface area contributed by atoms with Crippen LogP contribution in [0.3, 0.4) is 0 Å². The van der Waals surface area contributed by atoms with Crippen molar-refractivity contribution < 1.29 is 0 Å². The van der Waals surface area contributed by atoms with Gasteiger partial charge in [-0.25, -0.2) is 9.97 Å². The summed E-state index contributed by atoms with van der Waals surface area (Å²) in [5.74, 6) is 0.373. The fraction of sp³-hybridized carbons (Fsp3) is 0. The summed E-state index contributed by atoms with van der Waals surface area (Å²) in [4.78, 5) is 7.69. The van der Waals surface area contributed by atoms with Crippen molar-refractivity contribution in [1.82, 2.24) is 9.97 Å². The third-order valence-corrected chi connectivity index (χ3v) is 1.15. The minimum atomic E-state index is 0.231. The maximum Gasteiger partial charge on any atom is 0.127 e. The molecule has 0 aliphatic heterocycles. The normalized spacial score (nSPS) is 9.20. The van der Waals surface area contributed by atoms with E-state index in [1.807, 2.05) is 0 Å². The zero-order valence-electron chi connectivity index (χ0n) is 5.11. The van der Waals surface area contributed by atoms with Crippen LogP contribution in [0.5, 0.6) is 0 Å². The number of hydrogen-bond donors (Lipinski definition) is 2. The average molecular weight is 154 g/mol. The summed E-state index contributed by atoms with van der Waals surface area (Å²) in [6.07, 6.45) is 1.32. The van der Waals surface area contributed by atoms with Crippen molar-refractivity contribution in [1.29, 1.82) is 0 Å². The molecule has 0 fully saturated rings. The molecule has 0 saturated carbocycles. The predicted octanol–water partition coefficient (Wildman–Crippen LogP) is -0.307. The molecule has 52 valence electrons. The molecule has 0 saturated heterocycles. The first-order chi connectivity index (χ1) is 4.70. The third kappa shape index (κ3) is 1.38. The van der Waals surface area contributed by atoms with Crippen LogP contribution in [0, 0.1) is 0 Å². The molecular formula is C5H6N4S. The zero-order chi connectivity index (χ0) is 7.56. The summed E-state index contributed by atoms with van der Waals surface area (Å²) >= 11 is 4.65. The Balaban J connectivity index is 3.07. The summed E-state index contributed by atoms with van der Waals surface area (Å²) < 4.78 is 0. The van der Waals surface area contributed by atoms with Gasteiger partial charge < -0.3 is 11.5 Å². The molecule has 0 aliphatic rings. The molecule has 4 N–H and O–H groups in total. The molecule has 4 nitrogen and oxygen atoms in total. The molecule has 0 aromatic carbocycles. The second-order valence-electron chi connectivity index (χ2n) is 1.69. The average Bonchev–Trinajstić information content (AvgIpc) is 1.88. The van der Waals surface area contributed by atoms with Crippen molar-refractivity contribution in [2.45, 2.75) is 0 Å². The maximum atomic E-state index is 5.33. The highest BCUT2D eigenvalue weighted by Crippen LogP contribution is 1.97. The summed E-state index contributed by atoms with van der Waals surface area (Å²) in [6, 6.07) is 1.53. The predicted molar refractivity (Wildman–Crippen MR) is 42.3 cm³/mol. The van der Waals surface area contributed by atoms with Crippen LogP contribution in [0.4, 0.5) is 5.82 Å². The second-order valence-corrected chi connectivity index (χ2v) is 2.13. The fourth-order valence-corrected chi connectivity index (χ4v) is 0.619. The van der Waals surface area contributed by atoms with Crippen LogP contribution in [-0.4, -0.2) is 15.0 Å². The van der Waals surface area contributed by atoms with E-state index in [0.717, 1.165) is 0 Å². The number of nitrogen functional groups attached to an aromatic ring is 1. The van der Waals surface area contributed by atoms with Crippen molar-refractivity contribution in [3.8, 4) is 0 Å². The Labute approximate surface area is 63.3 Å². The quantitative estimate of drug-likeness (QED) is 0.543. The number of rotatable bonds is 1. The molecule has 10 heavy (non-hydrogen) atoms. The molecule has 0 amide bonds. The summed E-state index contributed by atoms with van der Waals surface area (Å²) in [5, 5.41) is 0. The van der Waals surface area contributed by atoms with E-state index >= 15 is 0 Å². The summed E-state index contributed by atoms with van der Waals surface area (Å²) in [6.45, 7) is 0. The van der Waals surface area contributed by atoms with Crippen LogP contribution in [-0.2, 0) is 0 Å². The van der Waals surface area contributed by atoms with Crippen LogP contribution < -0.4 is 11.5 Å². The van der Waals surface area contributed by atoms with Crippen molar-refractivity contribution in [2.24, 2.45) is 5.73 Å². The van der Waals surface area contributed by atoms with Gasteiger partial charge in [-0.3, -0.25) is 0 Å². The molecule has 0 unspecified atom stereocenters. The molecule has 0 atom stereocenters. The molecule has 1 heterocycles. The fourth-order valence-electron chi connectivity index (χ4n) is 0.507. The van der Waals surface area contributed by atoms with Gasteiger partial charge in [-0.1, -0.05) is 12.2 Å². The van der Waals surface area contributed by atoms with Gasteiger partial charge in [0.25, 0.3) is 0 Å². The Kier molecular flexibility index (Phi) is 1.77.